The van der Waals surface area contributed by atoms with Gasteiger partial charge < -0.3 is 0 Å². The first-order valence-electron chi connectivity index (χ1n) is 8.61. The highest BCUT2D eigenvalue weighted by atomic mass is 15.6. The molecule has 0 N–H and O–H groups in total. The number of para-hydroxylation sites is 1. The van der Waals surface area contributed by atoms with Crippen LogP contribution in [-0.2, 0) is 0 Å². The van der Waals surface area contributed by atoms with Crippen LogP contribution in [0.5, 0.6) is 0 Å². The number of hydrogen-bond donors (Lipinski definition) is 0. The van der Waals surface area contributed by atoms with Gasteiger partial charge in [-0.2, -0.15) is 0 Å². The molecule has 22 heavy (non-hydrogen) atoms. The van der Waals surface area contributed by atoms with Crippen molar-refractivity contribution in [2.75, 3.05) is 5.01 Å². The molecule has 2 heterocycles. The van der Waals surface area contributed by atoms with Crippen LogP contribution in [0.2, 0.25) is 0 Å². The summed E-state index contributed by atoms with van der Waals surface area (Å²) in [4.78, 5) is 0. The predicted molar refractivity (Wildman–Crippen MR) is 95.0 cm³/mol. The lowest BCUT2D eigenvalue weighted by molar-refractivity contribution is 0.433. The van der Waals surface area contributed by atoms with Crippen LogP contribution in [0.1, 0.15) is 57.9 Å². The number of hydrazine groups is 1. The summed E-state index contributed by atoms with van der Waals surface area (Å²) in [5.41, 5.74) is 5.74. The second-order valence-electron chi connectivity index (χ2n) is 6.02. The summed E-state index contributed by atoms with van der Waals surface area (Å²) in [6.45, 7) is 4.55. The molecule has 0 aromatic heterocycles. The molecule has 2 aliphatic rings. The van der Waals surface area contributed by atoms with Crippen LogP contribution >= 0.6 is 0 Å². The Morgan fingerprint density at radius 2 is 1.50 bits per heavy atom. The summed E-state index contributed by atoms with van der Waals surface area (Å²) in [5, 5.41) is 4.64. The minimum Gasteiger partial charge on any atom is -0.261 e. The maximum Gasteiger partial charge on any atom is 0.0705 e. The third-order valence-corrected chi connectivity index (χ3v) is 4.45. The van der Waals surface area contributed by atoms with Crippen LogP contribution in [0.15, 0.2) is 54.5 Å². The smallest absolute Gasteiger partial charge is 0.0705 e. The van der Waals surface area contributed by atoms with Crippen molar-refractivity contribution in [3.8, 4) is 0 Å². The van der Waals surface area contributed by atoms with E-state index < -0.39 is 0 Å². The van der Waals surface area contributed by atoms with Crippen LogP contribution in [0.25, 0.3) is 5.57 Å². The topological polar surface area (TPSA) is 6.48 Å². The standard InChI is InChI=1S/C20H26N2/c1-3-5-11-17-18-12-7-8-14-20(18)22-16-10-9-15-21(22)19(17)13-6-4-2/h7-10,12,14-16H,3-6,11,13H2,1-2H3. The molecule has 116 valence electrons. The highest BCUT2D eigenvalue weighted by Gasteiger charge is 2.28. The van der Waals surface area contributed by atoms with Gasteiger partial charge in [0.2, 0.25) is 0 Å². The number of benzene rings is 1. The Labute approximate surface area is 134 Å². The lowest BCUT2D eigenvalue weighted by Crippen LogP contribution is -2.39. The summed E-state index contributed by atoms with van der Waals surface area (Å²) in [6.07, 6.45) is 15.9. The normalized spacial score (nSPS) is 16.1. The van der Waals surface area contributed by atoms with Crippen molar-refractivity contribution in [1.29, 1.82) is 0 Å². The molecule has 0 aliphatic carbocycles. The molecule has 0 atom stereocenters. The van der Waals surface area contributed by atoms with E-state index in [1.165, 1.54) is 49.1 Å². The lowest BCUT2D eigenvalue weighted by atomic mass is 9.92. The molecule has 1 aromatic carbocycles. The van der Waals surface area contributed by atoms with Crippen LogP contribution in [0, 0.1) is 0 Å². The Hall–Kier alpha value is -1.96. The Morgan fingerprint density at radius 3 is 2.27 bits per heavy atom. The van der Waals surface area contributed by atoms with Gasteiger partial charge in [0.1, 0.15) is 0 Å². The molecule has 0 saturated carbocycles. The number of anilines is 1. The Morgan fingerprint density at radius 1 is 0.818 bits per heavy atom. The molecule has 0 amide bonds. The fraction of sp³-hybridized carbons (Fsp3) is 0.400. The van der Waals surface area contributed by atoms with Crippen molar-refractivity contribution in [3.05, 3.63) is 60.1 Å². The van der Waals surface area contributed by atoms with E-state index >= 15 is 0 Å². The van der Waals surface area contributed by atoms with Crippen molar-refractivity contribution < 1.29 is 0 Å². The Bertz CT molecular complexity index is 610. The summed E-state index contributed by atoms with van der Waals surface area (Å²) in [5.74, 6) is 0. The molecule has 2 heteroatoms. The summed E-state index contributed by atoms with van der Waals surface area (Å²) in [7, 11) is 0. The maximum absolute atomic E-state index is 2.35. The van der Waals surface area contributed by atoms with Gasteiger partial charge in [0.25, 0.3) is 0 Å². The number of unbranched alkanes of at least 4 members (excludes halogenated alkanes) is 2. The van der Waals surface area contributed by atoms with E-state index in [9.17, 15) is 0 Å². The van der Waals surface area contributed by atoms with Gasteiger partial charge >= 0.3 is 0 Å². The largest absolute Gasteiger partial charge is 0.261 e. The molecule has 0 spiro atoms. The molecule has 3 rings (SSSR count). The maximum atomic E-state index is 2.35. The van der Waals surface area contributed by atoms with Gasteiger partial charge in [-0.05, 0) is 49.5 Å². The zero-order chi connectivity index (χ0) is 15.4. The van der Waals surface area contributed by atoms with Crippen molar-refractivity contribution in [1.82, 2.24) is 5.01 Å². The number of rotatable bonds is 6. The number of fused-ring (bicyclic) bond motifs is 3. The van der Waals surface area contributed by atoms with Crippen molar-refractivity contribution in [2.45, 2.75) is 52.4 Å². The summed E-state index contributed by atoms with van der Waals surface area (Å²) >= 11 is 0. The van der Waals surface area contributed by atoms with E-state index in [1.54, 1.807) is 5.57 Å². The summed E-state index contributed by atoms with van der Waals surface area (Å²) in [6, 6.07) is 8.82. The van der Waals surface area contributed by atoms with E-state index in [-0.39, 0.29) is 0 Å². The average Bonchev–Trinajstić information content (AvgIpc) is 2.58. The highest BCUT2D eigenvalue weighted by molar-refractivity contribution is 5.82. The quantitative estimate of drug-likeness (QED) is 0.648. The van der Waals surface area contributed by atoms with E-state index in [1.807, 2.05) is 0 Å². The van der Waals surface area contributed by atoms with E-state index in [0.717, 1.165) is 6.42 Å². The average molecular weight is 294 g/mol. The lowest BCUT2D eigenvalue weighted by Gasteiger charge is -2.42. The van der Waals surface area contributed by atoms with E-state index in [2.05, 4.69) is 72.7 Å². The van der Waals surface area contributed by atoms with E-state index in [4.69, 9.17) is 0 Å². The van der Waals surface area contributed by atoms with Gasteiger partial charge in [-0.25, -0.2) is 0 Å². The fourth-order valence-electron chi connectivity index (χ4n) is 3.29. The monoisotopic (exact) mass is 294 g/mol. The molecule has 2 aliphatic heterocycles. The molecule has 0 saturated heterocycles. The Kier molecular flexibility index (Phi) is 4.67. The van der Waals surface area contributed by atoms with Gasteiger partial charge in [0, 0.05) is 23.7 Å². The number of allylic oxidation sites excluding steroid dienone is 4. The van der Waals surface area contributed by atoms with Crippen molar-refractivity contribution >= 4 is 11.3 Å². The minimum atomic E-state index is 1.15. The SMILES string of the molecule is CCCCC1=C(CCCC)N2C=CC=CN2c2ccccc21. The number of hydrogen-bond acceptors (Lipinski definition) is 2. The van der Waals surface area contributed by atoms with E-state index in [0.29, 0.717) is 0 Å². The molecule has 0 unspecified atom stereocenters. The second-order valence-corrected chi connectivity index (χ2v) is 6.02. The first-order chi connectivity index (χ1) is 10.9. The number of nitrogens with zero attached hydrogens (tertiary/aromatic N) is 2. The first-order valence-corrected chi connectivity index (χ1v) is 8.61. The van der Waals surface area contributed by atoms with Crippen molar-refractivity contribution in [3.63, 3.8) is 0 Å². The fourth-order valence-corrected chi connectivity index (χ4v) is 3.29. The third-order valence-electron chi connectivity index (χ3n) is 4.45. The Balaban J connectivity index is 2.09. The van der Waals surface area contributed by atoms with Crippen LogP contribution in [-0.4, -0.2) is 5.01 Å². The van der Waals surface area contributed by atoms with Crippen LogP contribution in [0.4, 0.5) is 5.69 Å². The van der Waals surface area contributed by atoms with Crippen LogP contribution < -0.4 is 5.01 Å². The third kappa shape index (κ3) is 2.70. The molecular formula is C20H26N2. The predicted octanol–water partition coefficient (Wildman–Crippen LogP) is 5.86. The highest BCUT2D eigenvalue weighted by Crippen LogP contribution is 2.42. The second kappa shape index (κ2) is 6.87. The molecule has 0 bridgehead atoms. The van der Waals surface area contributed by atoms with Gasteiger partial charge in [-0.3, -0.25) is 10.0 Å². The molecule has 2 nitrogen and oxygen atoms in total. The minimum absolute atomic E-state index is 1.15. The first kappa shape index (κ1) is 15.0. The zero-order valence-electron chi connectivity index (χ0n) is 13.8. The zero-order valence-corrected chi connectivity index (χ0v) is 13.8. The van der Waals surface area contributed by atoms with Crippen molar-refractivity contribution in [2.24, 2.45) is 0 Å². The van der Waals surface area contributed by atoms with Gasteiger partial charge in [-0.15, -0.1) is 0 Å². The van der Waals surface area contributed by atoms with Gasteiger partial charge in [-0.1, -0.05) is 44.9 Å². The molecule has 1 aromatic rings. The molecular weight excluding hydrogens is 268 g/mol. The molecule has 0 radical (unpaired) electrons. The van der Waals surface area contributed by atoms with Gasteiger partial charge in [0.05, 0.1) is 5.69 Å². The van der Waals surface area contributed by atoms with Gasteiger partial charge in [0.15, 0.2) is 0 Å². The molecule has 0 fully saturated rings. The summed E-state index contributed by atoms with van der Waals surface area (Å²) < 4.78 is 0. The van der Waals surface area contributed by atoms with Crippen LogP contribution in [0.3, 0.4) is 0 Å².